The first-order valence-corrected chi connectivity index (χ1v) is 13.7. The number of unbranched alkanes of at least 4 members (excludes halogenated alkanes) is 1. The Kier molecular flexibility index (Phi) is 8.73. The van der Waals surface area contributed by atoms with Crippen molar-refractivity contribution in [3.8, 4) is 0 Å². The molecule has 0 aromatic heterocycles. The highest BCUT2D eigenvalue weighted by Gasteiger charge is 2.75. The molecular formula is C30H41N3O5. The SMILES string of the molecule is C=CCN(C)C(=O)[C@@H]1[C@@H]2CCC3(O2)C(C(=O)N(CC=C)CCCC)N([C@@H](CO)Cc2ccccc2)C(=O)[C@H]13. The molecule has 3 amide bonds. The number of hydrogen-bond acceptors (Lipinski definition) is 5. The summed E-state index contributed by atoms with van der Waals surface area (Å²) >= 11 is 0. The zero-order chi connectivity index (χ0) is 27.4. The average Bonchev–Trinajstić information content (AvgIpc) is 3.57. The number of hydrogen-bond donors (Lipinski definition) is 1. The van der Waals surface area contributed by atoms with E-state index in [4.69, 9.17) is 4.74 Å². The number of benzene rings is 1. The molecule has 0 aliphatic carbocycles. The number of likely N-dealkylation sites (tertiary alicyclic amines) is 1. The van der Waals surface area contributed by atoms with E-state index in [2.05, 4.69) is 20.1 Å². The normalized spacial score (nSPS) is 28.2. The maximum Gasteiger partial charge on any atom is 0.248 e. The second-order valence-corrected chi connectivity index (χ2v) is 10.8. The van der Waals surface area contributed by atoms with Gasteiger partial charge < -0.3 is 24.5 Å². The average molecular weight is 524 g/mol. The Hall–Kier alpha value is -2.97. The summed E-state index contributed by atoms with van der Waals surface area (Å²) in [6.45, 7) is 10.6. The van der Waals surface area contributed by atoms with Gasteiger partial charge in [-0.2, -0.15) is 0 Å². The van der Waals surface area contributed by atoms with E-state index in [1.807, 2.05) is 30.3 Å². The first kappa shape index (κ1) is 28.0. The molecule has 3 aliphatic heterocycles. The number of aliphatic hydroxyl groups is 1. The lowest BCUT2D eigenvalue weighted by atomic mass is 9.70. The van der Waals surface area contributed by atoms with Crippen LogP contribution in [0.3, 0.4) is 0 Å². The fourth-order valence-corrected chi connectivity index (χ4v) is 6.69. The fourth-order valence-electron chi connectivity index (χ4n) is 6.69. The van der Waals surface area contributed by atoms with Gasteiger partial charge in [-0.1, -0.05) is 55.8 Å². The largest absolute Gasteiger partial charge is 0.394 e. The highest BCUT2D eigenvalue weighted by Crippen LogP contribution is 2.59. The maximum atomic E-state index is 14.3. The van der Waals surface area contributed by atoms with Crippen LogP contribution in [0.1, 0.15) is 38.2 Å². The van der Waals surface area contributed by atoms with Crippen molar-refractivity contribution in [1.82, 2.24) is 14.7 Å². The molecule has 1 aromatic rings. The van der Waals surface area contributed by atoms with Crippen LogP contribution in [0.15, 0.2) is 55.6 Å². The predicted octanol–water partition coefficient (Wildman–Crippen LogP) is 2.42. The summed E-state index contributed by atoms with van der Waals surface area (Å²) < 4.78 is 6.57. The van der Waals surface area contributed by atoms with E-state index >= 15 is 0 Å². The van der Waals surface area contributed by atoms with Crippen LogP contribution in [-0.2, 0) is 25.5 Å². The molecule has 1 aromatic carbocycles. The Morgan fingerprint density at radius 3 is 2.55 bits per heavy atom. The highest BCUT2D eigenvalue weighted by molar-refractivity contribution is 5.99. The molecule has 8 nitrogen and oxygen atoms in total. The first-order valence-electron chi connectivity index (χ1n) is 13.7. The standard InChI is InChI=1S/C30H41N3O5/c1-5-8-18-32(17-7-3)29(37)26-30-15-14-23(38-30)24(27(35)31(4)16-6-2)25(30)28(36)33(26)22(20-34)19-21-12-10-9-11-13-21/h6-7,9-13,22-26,34H,2-3,5,8,14-20H2,1,4H3/t22-,23+,24-,25+,26?,30?/m1/s1. The lowest BCUT2D eigenvalue weighted by Gasteiger charge is -2.39. The molecule has 1 N–H and O–H groups in total. The Balaban J connectivity index is 1.77. The molecule has 6 atom stereocenters. The van der Waals surface area contributed by atoms with Crippen molar-refractivity contribution in [3.63, 3.8) is 0 Å². The number of amides is 3. The van der Waals surface area contributed by atoms with Crippen molar-refractivity contribution in [2.45, 2.75) is 62.8 Å². The van der Waals surface area contributed by atoms with Gasteiger partial charge in [0.15, 0.2) is 0 Å². The first-order chi connectivity index (χ1) is 18.3. The second-order valence-electron chi connectivity index (χ2n) is 10.8. The van der Waals surface area contributed by atoms with E-state index in [-0.39, 0.29) is 24.3 Å². The third kappa shape index (κ3) is 4.80. The lowest BCUT2D eigenvalue weighted by molar-refractivity contribution is -0.151. The number of likely N-dealkylation sites (N-methyl/N-ethyl adjacent to an activating group) is 1. The van der Waals surface area contributed by atoms with Crippen LogP contribution < -0.4 is 0 Å². The van der Waals surface area contributed by atoms with E-state index in [0.29, 0.717) is 38.9 Å². The Bertz CT molecular complexity index is 1050. The molecule has 1 spiro atoms. The summed E-state index contributed by atoms with van der Waals surface area (Å²) in [5.41, 5.74) is -0.137. The van der Waals surface area contributed by atoms with Crippen LogP contribution in [0.25, 0.3) is 0 Å². The molecule has 0 radical (unpaired) electrons. The maximum absolute atomic E-state index is 14.3. The molecule has 3 fully saturated rings. The zero-order valence-electron chi connectivity index (χ0n) is 22.6. The van der Waals surface area contributed by atoms with E-state index in [1.165, 1.54) is 0 Å². The summed E-state index contributed by atoms with van der Waals surface area (Å²) in [4.78, 5) is 47.1. The smallest absolute Gasteiger partial charge is 0.248 e. The Morgan fingerprint density at radius 2 is 1.92 bits per heavy atom. The van der Waals surface area contributed by atoms with Gasteiger partial charge in [-0.3, -0.25) is 14.4 Å². The van der Waals surface area contributed by atoms with Crippen LogP contribution >= 0.6 is 0 Å². The summed E-state index contributed by atoms with van der Waals surface area (Å²) in [5.74, 6) is -2.08. The number of ether oxygens (including phenoxy) is 1. The summed E-state index contributed by atoms with van der Waals surface area (Å²) in [7, 11) is 1.70. The highest BCUT2D eigenvalue weighted by atomic mass is 16.5. The number of aliphatic hydroxyl groups excluding tert-OH is 1. The predicted molar refractivity (Wildman–Crippen MR) is 145 cm³/mol. The van der Waals surface area contributed by atoms with Gasteiger partial charge in [0.1, 0.15) is 11.6 Å². The van der Waals surface area contributed by atoms with E-state index in [1.54, 1.807) is 33.9 Å². The summed E-state index contributed by atoms with van der Waals surface area (Å²) in [6.07, 6.45) is 6.20. The quantitative estimate of drug-likeness (QED) is 0.401. The molecular weight excluding hydrogens is 482 g/mol. The summed E-state index contributed by atoms with van der Waals surface area (Å²) in [6, 6.07) is 8.10. The molecule has 3 saturated heterocycles. The van der Waals surface area contributed by atoms with Crippen molar-refractivity contribution in [2.75, 3.05) is 33.3 Å². The van der Waals surface area contributed by atoms with Gasteiger partial charge in [-0.25, -0.2) is 0 Å². The topological polar surface area (TPSA) is 90.4 Å². The van der Waals surface area contributed by atoms with Crippen molar-refractivity contribution in [1.29, 1.82) is 0 Å². The Labute approximate surface area is 225 Å². The van der Waals surface area contributed by atoms with Crippen LogP contribution in [0.4, 0.5) is 0 Å². The monoisotopic (exact) mass is 523 g/mol. The fraction of sp³-hybridized carbons (Fsp3) is 0.567. The molecule has 2 unspecified atom stereocenters. The Morgan fingerprint density at radius 1 is 1.21 bits per heavy atom. The number of carbonyl (C=O) groups excluding carboxylic acids is 3. The minimum atomic E-state index is -1.09. The van der Waals surface area contributed by atoms with E-state index in [0.717, 1.165) is 18.4 Å². The minimum absolute atomic E-state index is 0.166. The van der Waals surface area contributed by atoms with E-state index in [9.17, 15) is 19.5 Å². The van der Waals surface area contributed by atoms with Crippen LogP contribution in [-0.4, -0.2) is 94.6 Å². The third-order valence-corrected chi connectivity index (χ3v) is 8.40. The zero-order valence-corrected chi connectivity index (χ0v) is 22.6. The number of nitrogens with zero attached hydrogens (tertiary/aromatic N) is 3. The molecule has 2 bridgehead atoms. The minimum Gasteiger partial charge on any atom is -0.394 e. The molecule has 38 heavy (non-hydrogen) atoms. The van der Waals surface area contributed by atoms with Gasteiger partial charge >= 0.3 is 0 Å². The number of carbonyl (C=O) groups is 3. The summed E-state index contributed by atoms with van der Waals surface area (Å²) in [5, 5.41) is 10.6. The van der Waals surface area contributed by atoms with Gasteiger partial charge in [-0.05, 0) is 31.2 Å². The van der Waals surface area contributed by atoms with Crippen LogP contribution in [0, 0.1) is 11.8 Å². The van der Waals surface area contributed by atoms with Gasteiger partial charge in [0.05, 0.1) is 30.6 Å². The van der Waals surface area contributed by atoms with Gasteiger partial charge in [0, 0.05) is 26.7 Å². The van der Waals surface area contributed by atoms with Crippen molar-refractivity contribution in [3.05, 3.63) is 61.2 Å². The van der Waals surface area contributed by atoms with Crippen LogP contribution in [0.5, 0.6) is 0 Å². The molecule has 4 rings (SSSR count). The molecule has 206 valence electrons. The van der Waals surface area contributed by atoms with Crippen molar-refractivity contribution >= 4 is 17.7 Å². The third-order valence-electron chi connectivity index (χ3n) is 8.40. The molecule has 0 saturated carbocycles. The van der Waals surface area contributed by atoms with E-state index < -0.39 is 35.6 Å². The molecule has 3 heterocycles. The van der Waals surface area contributed by atoms with Gasteiger partial charge in [0.25, 0.3) is 0 Å². The van der Waals surface area contributed by atoms with Crippen LogP contribution in [0.2, 0.25) is 0 Å². The second kappa shape index (κ2) is 11.8. The molecule has 8 heteroatoms. The number of rotatable bonds is 13. The number of fused-ring (bicyclic) bond motifs is 1. The molecule has 3 aliphatic rings. The van der Waals surface area contributed by atoms with Gasteiger partial charge in [-0.15, -0.1) is 13.2 Å². The van der Waals surface area contributed by atoms with Gasteiger partial charge in [0.2, 0.25) is 17.7 Å². The lowest BCUT2D eigenvalue weighted by Crippen LogP contribution is -2.59. The van der Waals surface area contributed by atoms with Crippen molar-refractivity contribution < 1.29 is 24.2 Å². The van der Waals surface area contributed by atoms with Crippen molar-refractivity contribution in [2.24, 2.45) is 11.8 Å².